The Morgan fingerprint density at radius 1 is 0.957 bits per heavy atom. The number of nitrogens with zero attached hydrogens (tertiary/aromatic N) is 2. The van der Waals surface area contributed by atoms with Crippen molar-refractivity contribution < 1.29 is 8.81 Å². The predicted molar refractivity (Wildman–Crippen MR) is 87.9 cm³/mol. The van der Waals surface area contributed by atoms with Gasteiger partial charge in [-0.15, -0.1) is 0 Å². The summed E-state index contributed by atoms with van der Waals surface area (Å²) in [6.07, 6.45) is 2.39. The summed E-state index contributed by atoms with van der Waals surface area (Å²) in [6, 6.07) is 20.3. The smallest absolute Gasteiger partial charge is 0.128 e. The van der Waals surface area contributed by atoms with Crippen molar-refractivity contribution in [1.29, 1.82) is 0 Å². The molecule has 0 saturated carbocycles. The Hall–Kier alpha value is -2.88. The van der Waals surface area contributed by atoms with E-state index in [0.717, 1.165) is 22.7 Å². The first-order valence-corrected chi connectivity index (χ1v) is 7.52. The summed E-state index contributed by atoms with van der Waals surface area (Å²) in [5.74, 6) is 0.629. The third-order valence-electron chi connectivity index (χ3n) is 3.98. The lowest BCUT2D eigenvalue weighted by molar-refractivity contribution is 0.465. The van der Waals surface area contributed by atoms with Gasteiger partial charge in [-0.1, -0.05) is 30.3 Å². The average molecular weight is 306 g/mol. The van der Waals surface area contributed by atoms with Crippen molar-refractivity contribution in [2.45, 2.75) is 12.5 Å². The summed E-state index contributed by atoms with van der Waals surface area (Å²) < 4.78 is 18.7. The molecule has 0 radical (unpaired) electrons. The highest BCUT2D eigenvalue weighted by atomic mass is 19.1. The van der Waals surface area contributed by atoms with Crippen LogP contribution in [-0.4, -0.2) is 5.71 Å². The van der Waals surface area contributed by atoms with Gasteiger partial charge in [0.1, 0.15) is 17.6 Å². The van der Waals surface area contributed by atoms with Crippen molar-refractivity contribution in [3.05, 3.63) is 90.1 Å². The van der Waals surface area contributed by atoms with Crippen LogP contribution in [0.1, 0.15) is 23.8 Å². The molecule has 0 bridgehead atoms. The summed E-state index contributed by atoms with van der Waals surface area (Å²) in [6.45, 7) is 0. The Bertz CT molecular complexity index is 810. The van der Waals surface area contributed by atoms with Gasteiger partial charge in [-0.25, -0.2) is 4.39 Å². The molecule has 0 spiro atoms. The highest BCUT2D eigenvalue weighted by Gasteiger charge is 2.31. The van der Waals surface area contributed by atoms with Crippen LogP contribution in [0.25, 0.3) is 0 Å². The molecule has 0 unspecified atom stereocenters. The van der Waals surface area contributed by atoms with E-state index >= 15 is 0 Å². The van der Waals surface area contributed by atoms with Crippen LogP contribution >= 0.6 is 0 Å². The number of benzene rings is 2. The van der Waals surface area contributed by atoms with E-state index in [1.807, 2.05) is 47.5 Å². The number of rotatable bonds is 3. The topological polar surface area (TPSA) is 28.7 Å². The van der Waals surface area contributed by atoms with Gasteiger partial charge in [0.2, 0.25) is 0 Å². The van der Waals surface area contributed by atoms with Crippen molar-refractivity contribution in [2.75, 3.05) is 5.01 Å². The second-order valence-electron chi connectivity index (χ2n) is 5.47. The molecule has 1 aliphatic rings. The molecule has 4 heteroatoms. The molecule has 2 aromatic carbocycles. The quantitative estimate of drug-likeness (QED) is 0.697. The largest absolute Gasteiger partial charge is 0.467 e. The molecule has 0 aliphatic carbocycles. The number of para-hydroxylation sites is 1. The van der Waals surface area contributed by atoms with Gasteiger partial charge < -0.3 is 4.42 Å². The van der Waals surface area contributed by atoms with Crippen LogP contribution in [-0.2, 0) is 0 Å². The minimum atomic E-state index is -0.241. The van der Waals surface area contributed by atoms with Crippen LogP contribution in [0.4, 0.5) is 10.1 Å². The van der Waals surface area contributed by atoms with Gasteiger partial charge in [-0.2, -0.15) is 5.10 Å². The minimum Gasteiger partial charge on any atom is -0.467 e. The molecule has 0 N–H and O–H groups in total. The monoisotopic (exact) mass is 306 g/mol. The Balaban J connectivity index is 1.73. The predicted octanol–water partition coefficient (Wildman–Crippen LogP) is 4.77. The van der Waals surface area contributed by atoms with Gasteiger partial charge in [0.25, 0.3) is 0 Å². The molecule has 114 valence electrons. The van der Waals surface area contributed by atoms with Crippen LogP contribution in [0.2, 0.25) is 0 Å². The number of hydrazone groups is 1. The van der Waals surface area contributed by atoms with Gasteiger partial charge in [0.05, 0.1) is 17.7 Å². The van der Waals surface area contributed by atoms with Crippen molar-refractivity contribution in [2.24, 2.45) is 5.10 Å². The number of hydrogen-bond donors (Lipinski definition) is 0. The maximum absolute atomic E-state index is 13.1. The number of hydrogen-bond acceptors (Lipinski definition) is 3. The van der Waals surface area contributed by atoms with Crippen LogP contribution < -0.4 is 5.01 Å². The van der Waals surface area contributed by atoms with Crippen LogP contribution in [0.15, 0.2) is 82.5 Å². The fourth-order valence-corrected chi connectivity index (χ4v) is 2.85. The fourth-order valence-electron chi connectivity index (χ4n) is 2.85. The van der Waals surface area contributed by atoms with Gasteiger partial charge in [-0.05, 0) is 42.0 Å². The molecule has 3 nitrogen and oxygen atoms in total. The molecule has 2 heterocycles. The SMILES string of the molecule is Fc1ccc(C2=NN(c3ccccc3)[C@H](c3ccco3)C2)cc1. The van der Waals surface area contributed by atoms with Gasteiger partial charge >= 0.3 is 0 Å². The molecule has 23 heavy (non-hydrogen) atoms. The van der Waals surface area contributed by atoms with Crippen molar-refractivity contribution in [1.82, 2.24) is 0 Å². The maximum atomic E-state index is 13.1. The van der Waals surface area contributed by atoms with E-state index in [0.29, 0.717) is 6.42 Å². The van der Waals surface area contributed by atoms with Crippen LogP contribution in [0.5, 0.6) is 0 Å². The van der Waals surface area contributed by atoms with E-state index in [9.17, 15) is 4.39 Å². The summed E-state index contributed by atoms with van der Waals surface area (Å²) in [5.41, 5.74) is 2.86. The summed E-state index contributed by atoms with van der Waals surface area (Å²) in [4.78, 5) is 0. The lowest BCUT2D eigenvalue weighted by Gasteiger charge is -2.21. The molecule has 1 aliphatic heterocycles. The second-order valence-corrected chi connectivity index (χ2v) is 5.47. The fraction of sp³-hybridized carbons (Fsp3) is 0.105. The minimum absolute atomic E-state index is 0.00690. The molecule has 0 fully saturated rings. The van der Waals surface area contributed by atoms with E-state index in [2.05, 4.69) is 0 Å². The standard InChI is InChI=1S/C19H15FN2O/c20-15-10-8-14(9-11-15)17-13-18(19-7-4-12-23-19)22(21-17)16-5-2-1-3-6-16/h1-12,18H,13H2/t18-/m0/s1. The van der Waals surface area contributed by atoms with Gasteiger partial charge in [0.15, 0.2) is 0 Å². The van der Waals surface area contributed by atoms with E-state index in [4.69, 9.17) is 9.52 Å². The normalized spacial score (nSPS) is 17.3. The van der Waals surface area contributed by atoms with Gasteiger partial charge in [-0.3, -0.25) is 5.01 Å². The third-order valence-corrected chi connectivity index (χ3v) is 3.98. The second kappa shape index (κ2) is 5.72. The molecular weight excluding hydrogens is 291 g/mol. The summed E-state index contributed by atoms with van der Waals surface area (Å²) in [7, 11) is 0. The molecule has 0 amide bonds. The number of anilines is 1. The molecule has 4 rings (SSSR count). The number of furan rings is 1. The molecule has 1 atom stereocenters. The Labute approximate surface area is 133 Å². The number of halogens is 1. The molecule has 1 aromatic heterocycles. The third kappa shape index (κ3) is 2.63. The van der Waals surface area contributed by atoms with E-state index < -0.39 is 0 Å². The van der Waals surface area contributed by atoms with E-state index in [1.54, 1.807) is 18.4 Å². The zero-order valence-corrected chi connectivity index (χ0v) is 12.4. The average Bonchev–Trinajstić information content (AvgIpc) is 3.26. The lowest BCUT2D eigenvalue weighted by Crippen LogP contribution is -2.17. The van der Waals surface area contributed by atoms with Gasteiger partial charge in [0, 0.05) is 6.42 Å². The Morgan fingerprint density at radius 2 is 1.74 bits per heavy atom. The maximum Gasteiger partial charge on any atom is 0.128 e. The highest BCUT2D eigenvalue weighted by molar-refractivity contribution is 6.03. The zero-order chi connectivity index (χ0) is 15.6. The van der Waals surface area contributed by atoms with Crippen LogP contribution in [0, 0.1) is 5.82 Å². The summed E-state index contributed by atoms with van der Waals surface area (Å²) in [5, 5.41) is 6.73. The Kier molecular flexibility index (Phi) is 3.42. The lowest BCUT2D eigenvalue weighted by atomic mass is 10.0. The highest BCUT2D eigenvalue weighted by Crippen LogP contribution is 2.36. The Morgan fingerprint density at radius 3 is 2.43 bits per heavy atom. The first-order chi connectivity index (χ1) is 11.3. The molecule has 0 saturated heterocycles. The van der Waals surface area contributed by atoms with Crippen molar-refractivity contribution in [3.63, 3.8) is 0 Å². The first kappa shape index (κ1) is 13.8. The molecular formula is C19H15FN2O. The van der Waals surface area contributed by atoms with Crippen LogP contribution in [0.3, 0.4) is 0 Å². The summed E-state index contributed by atoms with van der Waals surface area (Å²) >= 11 is 0. The first-order valence-electron chi connectivity index (χ1n) is 7.52. The van der Waals surface area contributed by atoms with E-state index in [-0.39, 0.29) is 11.9 Å². The zero-order valence-electron chi connectivity index (χ0n) is 12.4. The van der Waals surface area contributed by atoms with Crippen molar-refractivity contribution in [3.8, 4) is 0 Å². The van der Waals surface area contributed by atoms with Crippen molar-refractivity contribution >= 4 is 11.4 Å². The van der Waals surface area contributed by atoms with E-state index in [1.165, 1.54) is 12.1 Å². The molecule has 3 aromatic rings.